The van der Waals surface area contributed by atoms with E-state index in [2.05, 4.69) is 39.7 Å². The first-order valence-electron chi connectivity index (χ1n) is 6.32. The third-order valence-corrected chi connectivity index (χ3v) is 3.85. The predicted octanol–water partition coefficient (Wildman–Crippen LogP) is 3.73. The van der Waals surface area contributed by atoms with Gasteiger partial charge in [0.2, 0.25) is 5.95 Å². The number of aromatic nitrogens is 2. The summed E-state index contributed by atoms with van der Waals surface area (Å²) in [5.41, 5.74) is 0.975. The monoisotopic (exact) mass is 269 g/mol. The van der Waals surface area contributed by atoms with Crippen molar-refractivity contribution in [3.63, 3.8) is 0 Å². The normalized spacial score (nSPS) is 12.5. The lowest BCUT2D eigenvalue weighted by Gasteiger charge is -2.12. The fourth-order valence-corrected chi connectivity index (χ4v) is 2.88. The quantitative estimate of drug-likeness (QED) is 0.784. The lowest BCUT2D eigenvalue weighted by atomic mass is 10.2. The van der Waals surface area contributed by atoms with Gasteiger partial charge in [-0.05, 0) is 24.4 Å². The average molecular weight is 269 g/mol. The summed E-state index contributed by atoms with van der Waals surface area (Å²) in [5, 5.41) is 6.53. The van der Waals surface area contributed by atoms with Crippen molar-refractivity contribution in [2.45, 2.75) is 19.4 Å². The average Bonchev–Trinajstić information content (AvgIpc) is 2.91. The standard InChI is InChI=1S/C15H15N3S/c1-11(9-13-6-4-8-19-13)17-15-16-10-12-5-2-3-7-14(12)18-15/h2-8,10-11H,9H2,1H3,(H,16,17,18). The van der Waals surface area contributed by atoms with E-state index in [-0.39, 0.29) is 0 Å². The zero-order valence-electron chi connectivity index (χ0n) is 10.7. The van der Waals surface area contributed by atoms with E-state index in [1.165, 1.54) is 4.88 Å². The summed E-state index contributed by atoms with van der Waals surface area (Å²) in [7, 11) is 0. The summed E-state index contributed by atoms with van der Waals surface area (Å²) >= 11 is 1.78. The van der Waals surface area contributed by atoms with Crippen LogP contribution < -0.4 is 5.32 Å². The van der Waals surface area contributed by atoms with Crippen molar-refractivity contribution in [3.8, 4) is 0 Å². The minimum Gasteiger partial charge on any atom is -0.351 e. The number of nitrogens with zero attached hydrogens (tertiary/aromatic N) is 2. The first-order valence-corrected chi connectivity index (χ1v) is 7.20. The van der Waals surface area contributed by atoms with Crippen LogP contribution in [0, 0.1) is 0 Å². The van der Waals surface area contributed by atoms with Crippen LogP contribution in [0.1, 0.15) is 11.8 Å². The summed E-state index contributed by atoms with van der Waals surface area (Å²) in [4.78, 5) is 10.3. The van der Waals surface area contributed by atoms with Gasteiger partial charge in [0, 0.05) is 28.9 Å². The molecule has 2 heterocycles. The van der Waals surface area contributed by atoms with E-state index in [1.54, 1.807) is 11.3 Å². The molecule has 0 saturated carbocycles. The predicted molar refractivity (Wildman–Crippen MR) is 80.6 cm³/mol. The van der Waals surface area contributed by atoms with Gasteiger partial charge in [-0.3, -0.25) is 0 Å². The van der Waals surface area contributed by atoms with Gasteiger partial charge in [-0.15, -0.1) is 11.3 Å². The Hall–Kier alpha value is -1.94. The maximum absolute atomic E-state index is 4.53. The lowest BCUT2D eigenvalue weighted by molar-refractivity contribution is 0.788. The minimum atomic E-state index is 0.319. The minimum absolute atomic E-state index is 0.319. The molecule has 96 valence electrons. The second kappa shape index (κ2) is 5.36. The Bertz CT molecular complexity index is 664. The zero-order valence-corrected chi connectivity index (χ0v) is 11.5. The lowest BCUT2D eigenvalue weighted by Crippen LogP contribution is -2.19. The van der Waals surface area contributed by atoms with E-state index in [4.69, 9.17) is 0 Å². The van der Waals surface area contributed by atoms with Gasteiger partial charge < -0.3 is 5.32 Å². The molecule has 0 bridgehead atoms. The van der Waals surface area contributed by atoms with Crippen LogP contribution in [0.3, 0.4) is 0 Å². The first-order chi connectivity index (χ1) is 9.31. The Morgan fingerprint density at radius 3 is 2.95 bits per heavy atom. The summed E-state index contributed by atoms with van der Waals surface area (Å²) in [5.74, 6) is 0.697. The maximum atomic E-state index is 4.53. The van der Waals surface area contributed by atoms with Crippen molar-refractivity contribution in [2.24, 2.45) is 0 Å². The molecule has 0 aliphatic rings. The fourth-order valence-electron chi connectivity index (χ4n) is 2.04. The topological polar surface area (TPSA) is 37.8 Å². The van der Waals surface area contributed by atoms with Crippen LogP contribution in [0.15, 0.2) is 48.0 Å². The first kappa shape index (κ1) is 12.1. The van der Waals surface area contributed by atoms with E-state index >= 15 is 0 Å². The smallest absolute Gasteiger partial charge is 0.223 e. The maximum Gasteiger partial charge on any atom is 0.223 e. The van der Waals surface area contributed by atoms with Crippen molar-refractivity contribution >= 4 is 28.2 Å². The molecule has 3 aromatic rings. The number of thiophene rings is 1. The molecule has 3 rings (SSSR count). The van der Waals surface area contributed by atoms with Gasteiger partial charge in [-0.2, -0.15) is 0 Å². The number of para-hydroxylation sites is 1. The highest BCUT2D eigenvalue weighted by atomic mass is 32.1. The van der Waals surface area contributed by atoms with Crippen LogP contribution in [0.25, 0.3) is 10.9 Å². The number of rotatable bonds is 4. The number of hydrogen-bond acceptors (Lipinski definition) is 4. The molecule has 0 spiro atoms. The van der Waals surface area contributed by atoms with Crippen LogP contribution in [0.5, 0.6) is 0 Å². The number of anilines is 1. The number of nitrogens with one attached hydrogen (secondary N) is 1. The number of hydrogen-bond donors (Lipinski definition) is 1. The molecule has 0 radical (unpaired) electrons. The van der Waals surface area contributed by atoms with Crippen molar-refractivity contribution < 1.29 is 0 Å². The van der Waals surface area contributed by atoms with Crippen LogP contribution in [-0.4, -0.2) is 16.0 Å². The molecule has 0 aliphatic heterocycles. The van der Waals surface area contributed by atoms with E-state index in [0.717, 1.165) is 17.3 Å². The molecule has 1 atom stereocenters. The Balaban J connectivity index is 1.73. The van der Waals surface area contributed by atoms with Crippen LogP contribution in [0.4, 0.5) is 5.95 Å². The highest BCUT2D eigenvalue weighted by molar-refractivity contribution is 7.09. The molecule has 3 nitrogen and oxygen atoms in total. The largest absolute Gasteiger partial charge is 0.351 e. The molecule has 19 heavy (non-hydrogen) atoms. The van der Waals surface area contributed by atoms with E-state index < -0.39 is 0 Å². The second-order valence-corrected chi connectivity index (χ2v) is 5.61. The summed E-state index contributed by atoms with van der Waals surface area (Å²) < 4.78 is 0. The Labute approximate surface area is 116 Å². The Morgan fingerprint density at radius 1 is 1.21 bits per heavy atom. The summed E-state index contributed by atoms with van der Waals surface area (Å²) in [6.07, 6.45) is 2.86. The van der Waals surface area contributed by atoms with Gasteiger partial charge in [-0.1, -0.05) is 24.3 Å². The molecule has 0 amide bonds. The van der Waals surface area contributed by atoms with E-state index in [0.29, 0.717) is 12.0 Å². The third-order valence-electron chi connectivity index (χ3n) is 2.95. The van der Waals surface area contributed by atoms with Crippen LogP contribution in [0.2, 0.25) is 0 Å². The van der Waals surface area contributed by atoms with Crippen molar-refractivity contribution in [3.05, 3.63) is 52.9 Å². The highest BCUT2D eigenvalue weighted by Gasteiger charge is 2.06. The van der Waals surface area contributed by atoms with Gasteiger partial charge >= 0.3 is 0 Å². The molecular formula is C15H15N3S. The Morgan fingerprint density at radius 2 is 2.11 bits per heavy atom. The van der Waals surface area contributed by atoms with Crippen LogP contribution >= 0.6 is 11.3 Å². The van der Waals surface area contributed by atoms with E-state index in [9.17, 15) is 0 Å². The molecule has 1 aromatic carbocycles. The number of fused-ring (bicyclic) bond motifs is 1. The Kier molecular flexibility index (Phi) is 3.42. The number of benzene rings is 1. The molecule has 2 aromatic heterocycles. The highest BCUT2D eigenvalue weighted by Crippen LogP contribution is 2.15. The van der Waals surface area contributed by atoms with Crippen LogP contribution in [-0.2, 0) is 6.42 Å². The summed E-state index contributed by atoms with van der Waals surface area (Å²) in [6, 6.07) is 12.6. The molecule has 0 saturated heterocycles. The molecule has 1 unspecified atom stereocenters. The second-order valence-electron chi connectivity index (χ2n) is 4.58. The zero-order chi connectivity index (χ0) is 13.1. The SMILES string of the molecule is CC(Cc1cccs1)Nc1ncc2ccccc2n1. The van der Waals surface area contributed by atoms with Gasteiger partial charge in [-0.25, -0.2) is 9.97 Å². The van der Waals surface area contributed by atoms with E-state index in [1.807, 2.05) is 30.5 Å². The van der Waals surface area contributed by atoms with Gasteiger partial charge in [0.05, 0.1) is 5.52 Å². The van der Waals surface area contributed by atoms with Gasteiger partial charge in [0.1, 0.15) is 0 Å². The summed E-state index contributed by atoms with van der Waals surface area (Å²) in [6.45, 7) is 2.15. The third kappa shape index (κ3) is 2.90. The molecule has 0 aliphatic carbocycles. The molecule has 1 N–H and O–H groups in total. The van der Waals surface area contributed by atoms with Crippen molar-refractivity contribution in [2.75, 3.05) is 5.32 Å². The fraction of sp³-hybridized carbons (Fsp3) is 0.200. The molecule has 0 fully saturated rings. The van der Waals surface area contributed by atoms with Crippen molar-refractivity contribution in [1.29, 1.82) is 0 Å². The molecule has 4 heteroatoms. The van der Waals surface area contributed by atoms with Crippen molar-refractivity contribution in [1.82, 2.24) is 9.97 Å². The van der Waals surface area contributed by atoms with Gasteiger partial charge in [0.15, 0.2) is 0 Å². The molecular weight excluding hydrogens is 254 g/mol. The van der Waals surface area contributed by atoms with Gasteiger partial charge in [0.25, 0.3) is 0 Å².